The van der Waals surface area contributed by atoms with Crippen molar-refractivity contribution in [2.75, 3.05) is 0 Å². The molecule has 0 bridgehead atoms. The molecule has 5 nitrogen and oxygen atoms in total. The van der Waals surface area contributed by atoms with E-state index in [9.17, 15) is 18.3 Å². The molecule has 0 saturated carbocycles. The van der Waals surface area contributed by atoms with E-state index in [0.29, 0.717) is 5.69 Å². The number of aromatic nitrogens is 3. The lowest BCUT2D eigenvalue weighted by Crippen LogP contribution is -2.33. The summed E-state index contributed by atoms with van der Waals surface area (Å²) in [4.78, 5) is 8.05. The lowest BCUT2D eigenvalue weighted by molar-refractivity contribution is -0.210. The van der Waals surface area contributed by atoms with Crippen LogP contribution in [-0.2, 0) is 0 Å². The van der Waals surface area contributed by atoms with Crippen molar-refractivity contribution in [1.29, 1.82) is 0 Å². The molecule has 0 aliphatic heterocycles. The van der Waals surface area contributed by atoms with Crippen molar-refractivity contribution >= 4 is 0 Å². The zero-order chi connectivity index (χ0) is 15.8. The van der Waals surface area contributed by atoms with Crippen LogP contribution in [0.5, 0.6) is 0 Å². The van der Waals surface area contributed by atoms with Gasteiger partial charge in [0, 0.05) is 6.20 Å². The van der Waals surface area contributed by atoms with Crippen LogP contribution < -0.4 is 0 Å². The van der Waals surface area contributed by atoms with Gasteiger partial charge in [-0.25, -0.2) is 0 Å². The standard InChI is InChI=1S/C13H14F3N3O2/c1-6-4-7(2)9(17-5-6)11-18-12(21-19-11)8(3)10(20)13(14,15)16/h4-5,8,10,20H,1-3H3. The van der Waals surface area contributed by atoms with E-state index in [4.69, 9.17) is 4.52 Å². The van der Waals surface area contributed by atoms with Gasteiger partial charge in [-0.15, -0.1) is 0 Å². The van der Waals surface area contributed by atoms with E-state index >= 15 is 0 Å². The highest BCUT2D eigenvalue weighted by molar-refractivity contribution is 5.54. The summed E-state index contributed by atoms with van der Waals surface area (Å²) in [5, 5.41) is 12.8. The minimum atomic E-state index is -4.74. The summed E-state index contributed by atoms with van der Waals surface area (Å²) in [5.74, 6) is -1.53. The van der Waals surface area contributed by atoms with E-state index < -0.39 is 18.2 Å². The number of rotatable bonds is 3. The first-order valence-corrected chi connectivity index (χ1v) is 6.22. The van der Waals surface area contributed by atoms with E-state index in [1.54, 1.807) is 13.1 Å². The zero-order valence-corrected chi connectivity index (χ0v) is 11.6. The van der Waals surface area contributed by atoms with Crippen LogP contribution in [0.3, 0.4) is 0 Å². The van der Waals surface area contributed by atoms with Gasteiger partial charge in [-0.2, -0.15) is 18.2 Å². The van der Waals surface area contributed by atoms with Crippen molar-refractivity contribution in [2.45, 2.75) is 39.0 Å². The molecule has 2 atom stereocenters. The molecular weight excluding hydrogens is 287 g/mol. The van der Waals surface area contributed by atoms with Gasteiger partial charge in [-0.1, -0.05) is 18.1 Å². The van der Waals surface area contributed by atoms with E-state index in [1.807, 2.05) is 13.0 Å². The summed E-state index contributed by atoms with van der Waals surface area (Å²) in [6.07, 6.45) is -5.70. The van der Waals surface area contributed by atoms with Crippen molar-refractivity contribution in [3.63, 3.8) is 0 Å². The predicted octanol–water partition coefficient (Wildman–Crippen LogP) is 2.78. The molecule has 114 valence electrons. The van der Waals surface area contributed by atoms with Crippen molar-refractivity contribution in [1.82, 2.24) is 15.1 Å². The van der Waals surface area contributed by atoms with Gasteiger partial charge in [0.05, 0.1) is 5.92 Å². The summed E-state index contributed by atoms with van der Waals surface area (Å²) >= 11 is 0. The smallest absolute Gasteiger partial charge is 0.383 e. The molecule has 21 heavy (non-hydrogen) atoms. The number of halogens is 3. The quantitative estimate of drug-likeness (QED) is 0.943. The number of aryl methyl sites for hydroxylation is 2. The second kappa shape index (κ2) is 5.44. The van der Waals surface area contributed by atoms with Crippen molar-refractivity contribution in [3.05, 3.63) is 29.3 Å². The molecule has 0 radical (unpaired) electrons. The van der Waals surface area contributed by atoms with Gasteiger partial charge in [-0.3, -0.25) is 4.98 Å². The fraction of sp³-hybridized carbons (Fsp3) is 0.462. The molecule has 2 rings (SSSR count). The number of alkyl halides is 3. The first-order valence-electron chi connectivity index (χ1n) is 6.22. The normalized spacial score (nSPS) is 15.0. The van der Waals surface area contributed by atoms with Gasteiger partial charge >= 0.3 is 6.18 Å². The molecule has 0 spiro atoms. The predicted molar refractivity (Wildman–Crippen MR) is 67.5 cm³/mol. The first-order chi connectivity index (χ1) is 9.70. The van der Waals surface area contributed by atoms with Gasteiger partial charge in [0.15, 0.2) is 6.10 Å². The third-order valence-corrected chi connectivity index (χ3v) is 3.07. The maximum absolute atomic E-state index is 12.5. The molecule has 0 saturated heterocycles. The molecular formula is C13H14F3N3O2. The molecule has 1 N–H and O–H groups in total. The summed E-state index contributed by atoms with van der Waals surface area (Å²) in [6.45, 7) is 4.83. The highest BCUT2D eigenvalue weighted by Crippen LogP contribution is 2.31. The Hall–Kier alpha value is -1.96. The molecule has 2 aromatic heterocycles. The number of nitrogens with zero attached hydrogens (tertiary/aromatic N) is 3. The molecule has 0 aromatic carbocycles. The van der Waals surface area contributed by atoms with Gasteiger partial charge in [0.1, 0.15) is 5.69 Å². The monoisotopic (exact) mass is 301 g/mol. The third kappa shape index (κ3) is 3.21. The maximum Gasteiger partial charge on any atom is 0.415 e. The Bertz CT molecular complexity index is 640. The molecule has 2 heterocycles. The van der Waals surface area contributed by atoms with E-state index in [1.165, 1.54) is 6.92 Å². The Balaban J connectivity index is 2.30. The van der Waals surface area contributed by atoms with Crippen LogP contribution >= 0.6 is 0 Å². The minimum absolute atomic E-state index is 0.101. The second-order valence-corrected chi connectivity index (χ2v) is 4.91. The topological polar surface area (TPSA) is 72.0 Å². The Kier molecular flexibility index (Phi) is 3.99. The highest BCUT2D eigenvalue weighted by atomic mass is 19.4. The van der Waals surface area contributed by atoms with E-state index in [-0.39, 0.29) is 11.7 Å². The summed E-state index contributed by atoms with van der Waals surface area (Å²) < 4.78 is 42.2. The van der Waals surface area contributed by atoms with E-state index in [0.717, 1.165) is 11.1 Å². The fourth-order valence-electron chi connectivity index (χ4n) is 1.88. The average molecular weight is 301 g/mol. The third-order valence-electron chi connectivity index (χ3n) is 3.07. The number of hydrogen-bond donors (Lipinski definition) is 1. The molecule has 2 aromatic rings. The summed E-state index contributed by atoms with van der Waals surface area (Å²) in [6, 6.07) is 1.85. The largest absolute Gasteiger partial charge is 0.415 e. The van der Waals surface area contributed by atoms with Gasteiger partial charge in [0.25, 0.3) is 0 Å². The van der Waals surface area contributed by atoms with Crippen LogP contribution in [0.2, 0.25) is 0 Å². The molecule has 2 unspecified atom stereocenters. The maximum atomic E-state index is 12.5. The van der Waals surface area contributed by atoms with Crippen LogP contribution in [0.15, 0.2) is 16.8 Å². The van der Waals surface area contributed by atoms with Crippen LogP contribution in [0, 0.1) is 13.8 Å². The summed E-state index contributed by atoms with van der Waals surface area (Å²) in [7, 11) is 0. The molecule has 0 fully saturated rings. The van der Waals surface area contributed by atoms with Crippen LogP contribution in [-0.4, -0.2) is 32.5 Å². The Labute approximate surface area is 118 Å². The zero-order valence-electron chi connectivity index (χ0n) is 11.6. The van der Waals surface area contributed by atoms with Crippen LogP contribution in [0.25, 0.3) is 11.5 Å². The summed E-state index contributed by atoms with van der Waals surface area (Å²) in [5.41, 5.74) is 2.16. The van der Waals surface area contributed by atoms with Crippen LogP contribution in [0.4, 0.5) is 13.2 Å². The second-order valence-electron chi connectivity index (χ2n) is 4.91. The van der Waals surface area contributed by atoms with E-state index in [2.05, 4.69) is 15.1 Å². The SMILES string of the molecule is Cc1cnc(-c2noc(C(C)C(O)C(F)(F)F)n2)c(C)c1. The van der Waals surface area contributed by atoms with Gasteiger partial charge in [-0.05, 0) is 25.0 Å². The average Bonchev–Trinajstić information content (AvgIpc) is 2.85. The Morgan fingerprint density at radius 1 is 1.29 bits per heavy atom. The van der Waals surface area contributed by atoms with Gasteiger partial charge in [0.2, 0.25) is 11.7 Å². The number of hydrogen-bond acceptors (Lipinski definition) is 5. The molecule has 0 aliphatic carbocycles. The number of aliphatic hydroxyl groups excluding tert-OH is 1. The highest BCUT2D eigenvalue weighted by Gasteiger charge is 2.44. The lowest BCUT2D eigenvalue weighted by Gasteiger charge is -2.17. The van der Waals surface area contributed by atoms with Crippen LogP contribution in [0.1, 0.15) is 29.9 Å². The lowest BCUT2D eigenvalue weighted by atomic mass is 10.0. The number of pyridine rings is 1. The van der Waals surface area contributed by atoms with Gasteiger partial charge < -0.3 is 9.63 Å². The van der Waals surface area contributed by atoms with Crippen molar-refractivity contribution in [3.8, 4) is 11.5 Å². The molecule has 0 amide bonds. The first kappa shape index (κ1) is 15.4. The Morgan fingerprint density at radius 2 is 1.95 bits per heavy atom. The molecule has 0 aliphatic rings. The fourth-order valence-corrected chi connectivity index (χ4v) is 1.88. The minimum Gasteiger partial charge on any atom is -0.383 e. The van der Waals surface area contributed by atoms with Crippen molar-refractivity contribution < 1.29 is 22.8 Å². The number of aliphatic hydroxyl groups is 1. The Morgan fingerprint density at radius 3 is 2.52 bits per heavy atom. The molecule has 8 heteroatoms. The van der Waals surface area contributed by atoms with Crippen molar-refractivity contribution in [2.24, 2.45) is 0 Å².